The summed E-state index contributed by atoms with van der Waals surface area (Å²) in [5.41, 5.74) is 2.20. The van der Waals surface area contributed by atoms with Crippen LogP contribution in [0.15, 0.2) is 47.5 Å². The van der Waals surface area contributed by atoms with E-state index in [0.29, 0.717) is 41.7 Å². The van der Waals surface area contributed by atoms with Crippen molar-refractivity contribution >= 4 is 29.2 Å². The molecule has 0 aliphatic rings. The normalized spacial score (nSPS) is 11.2. The molecule has 27 heavy (non-hydrogen) atoms. The fourth-order valence-electron chi connectivity index (χ4n) is 2.49. The minimum Gasteiger partial charge on any atom is -0.356 e. The first-order valence-corrected chi connectivity index (χ1v) is 9.12. The molecule has 0 radical (unpaired) electrons. The van der Waals surface area contributed by atoms with Gasteiger partial charge in [0.2, 0.25) is 5.91 Å². The Morgan fingerprint density at radius 3 is 2.59 bits per heavy atom. The first-order valence-electron chi connectivity index (χ1n) is 8.74. The molecule has 3 N–H and O–H groups in total. The Hall–Kier alpha value is -2.60. The molecule has 0 saturated heterocycles. The summed E-state index contributed by atoms with van der Waals surface area (Å²) < 4.78 is 13.6. The number of nitrogens with zero attached hydrogens (tertiary/aromatic N) is 1. The van der Waals surface area contributed by atoms with Gasteiger partial charge >= 0.3 is 0 Å². The molecule has 2 aromatic carbocycles. The summed E-state index contributed by atoms with van der Waals surface area (Å²) in [6.45, 7) is 2.82. The van der Waals surface area contributed by atoms with Gasteiger partial charge in [-0.05, 0) is 42.7 Å². The Kier molecular flexibility index (Phi) is 8.07. The molecule has 5 nitrogen and oxygen atoms in total. The van der Waals surface area contributed by atoms with E-state index in [-0.39, 0.29) is 18.1 Å². The predicted octanol–water partition coefficient (Wildman–Crippen LogP) is 3.52. The molecule has 2 rings (SSSR count). The van der Waals surface area contributed by atoms with Gasteiger partial charge in [0, 0.05) is 37.3 Å². The van der Waals surface area contributed by atoms with Crippen LogP contribution in [0, 0.1) is 12.7 Å². The van der Waals surface area contributed by atoms with Crippen LogP contribution in [0.4, 0.5) is 10.1 Å². The molecule has 0 aliphatic carbocycles. The highest BCUT2D eigenvalue weighted by atomic mass is 35.5. The Balaban J connectivity index is 1.72. The van der Waals surface area contributed by atoms with E-state index in [1.807, 2.05) is 19.1 Å². The third-order valence-corrected chi connectivity index (χ3v) is 4.46. The lowest BCUT2D eigenvalue weighted by Crippen LogP contribution is -2.39. The second kappa shape index (κ2) is 10.5. The third-order valence-electron chi connectivity index (χ3n) is 4.05. The zero-order valence-electron chi connectivity index (χ0n) is 15.5. The number of hydrogen-bond acceptors (Lipinski definition) is 2. The molecular weight excluding hydrogens is 367 g/mol. The fourth-order valence-corrected chi connectivity index (χ4v) is 2.66. The molecule has 0 heterocycles. The number of benzene rings is 2. The van der Waals surface area contributed by atoms with Crippen molar-refractivity contribution < 1.29 is 9.18 Å². The van der Waals surface area contributed by atoms with Crippen LogP contribution in [0.5, 0.6) is 0 Å². The molecule has 0 saturated carbocycles. The van der Waals surface area contributed by atoms with E-state index >= 15 is 0 Å². The number of nitrogens with one attached hydrogen (secondary N) is 3. The number of hydrogen-bond donors (Lipinski definition) is 3. The summed E-state index contributed by atoms with van der Waals surface area (Å²) in [5, 5.41) is 9.64. The largest absolute Gasteiger partial charge is 0.356 e. The molecule has 0 atom stereocenters. The fraction of sp³-hybridized carbons (Fsp3) is 0.300. The molecule has 0 spiro atoms. The van der Waals surface area contributed by atoms with Gasteiger partial charge in [0.05, 0.1) is 0 Å². The molecule has 0 fully saturated rings. The van der Waals surface area contributed by atoms with Gasteiger partial charge in [0.25, 0.3) is 0 Å². The van der Waals surface area contributed by atoms with Crippen molar-refractivity contribution in [3.8, 4) is 0 Å². The highest BCUT2D eigenvalue weighted by molar-refractivity contribution is 6.31. The van der Waals surface area contributed by atoms with E-state index < -0.39 is 0 Å². The van der Waals surface area contributed by atoms with Gasteiger partial charge in [-0.1, -0.05) is 35.9 Å². The lowest BCUT2D eigenvalue weighted by molar-refractivity contribution is -0.116. The molecule has 0 aromatic heterocycles. The molecule has 144 valence electrons. The SMILES string of the molecule is CN=C(NCCC(=O)Nc1cccc(Cl)c1C)NCCc1ccccc1F. The van der Waals surface area contributed by atoms with E-state index in [1.54, 1.807) is 31.3 Å². The first kappa shape index (κ1) is 20.7. The number of rotatable bonds is 7. The lowest BCUT2D eigenvalue weighted by Gasteiger charge is -2.13. The average molecular weight is 391 g/mol. The number of anilines is 1. The zero-order valence-corrected chi connectivity index (χ0v) is 16.2. The molecular formula is C20H24ClFN4O. The van der Waals surface area contributed by atoms with Crippen LogP contribution in [0.2, 0.25) is 5.02 Å². The minimum atomic E-state index is -0.213. The highest BCUT2D eigenvalue weighted by Gasteiger charge is 2.07. The van der Waals surface area contributed by atoms with E-state index in [1.165, 1.54) is 6.07 Å². The second-order valence-electron chi connectivity index (χ2n) is 5.98. The molecule has 1 amide bonds. The van der Waals surface area contributed by atoms with Crippen LogP contribution in [-0.2, 0) is 11.2 Å². The van der Waals surface area contributed by atoms with Crippen LogP contribution >= 0.6 is 11.6 Å². The number of carbonyl (C=O) groups excluding carboxylic acids is 1. The maximum Gasteiger partial charge on any atom is 0.226 e. The minimum absolute atomic E-state index is 0.116. The van der Waals surface area contributed by atoms with Gasteiger partial charge in [0.15, 0.2) is 5.96 Å². The smallest absolute Gasteiger partial charge is 0.226 e. The Morgan fingerprint density at radius 1 is 1.11 bits per heavy atom. The molecule has 0 aliphatic heterocycles. The molecule has 0 bridgehead atoms. The standard InChI is InChI=1S/C20H24ClFN4O/c1-14-16(21)7-5-9-18(14)26-19(27)11-13-25-20(23-2)24-12-10-15-6-3-4-8-17(15)22/h3-9H,10-13H2,1-2H3,(H,26,27)(H2,23,24,25). The van der Waals surface area contributed by atoms with Crippen LogP contribution < -0.4 is 16.0 Å². The number of carbonyl (C=O) groups is 1. The Morgan fingerprint density at radius 2 is 1.85 bits per heavy atom. The Bertz CT molecular complexity index is 810. The van der Waals surface area contributed by atoms with Gasteiger partial charge in [-0.25, -0.2) is 4.39 Å². The van der Waals surface area contributed by atoms with Crippen LogP contribution in [-0.4, -0.2) is 32.0 Å². The topological polar surface area (TPSA) is 65.5 Å². The predicted molar refractivity (Wildman–Crippen MR) is 109 cm³/mol. The van der Waals surface area contributed by atoms with Crippen molar-refractivity contribution in [2.24, 2.45) is 4.99 Å². The van der Waals surface area contributed by atoms with E-state index in [4.69, 9.17) is 11.6 Å². The summed E-state index contributed by atoms with van der Waals surface area (Å²) in [6.07, 6.45) is 0.821. The second-order valence-corrected chi connectivity index (χ2v) is 6.38. The number of halogens is 2. The van der Waals surface area contributed by atoms with E-state index in [9.17, 15) is 9.18 Å². The van der Waals surface area contributed by atoms with Crippen molar-refractivity contribution in [3.05, 3.63) is 64.4 Å². The van der Waals surface area contributed by atoms with Crippen LogP contribution in [0.3, 0.4) is 0 Å². The molecule has 0 unspecified atom stereocenters. The highest BCUT2D eigenvalue weighted by Crippen LogP contribution is 2.22. The summed E-state index contributed by atoms with van der Waals surface area (Å²) in [7, 11) is 1.65. The summed E-state index contributed by atoms with van der Waals surface area (Å²) in [4.78, 5) is 16.2. The maximum atomic E-state index is 13.6. The average Bonchev–Trinajstić information content (AvgIpc) is 2.65. The number of amides is 1. The van der Waals surface area contributed by atoms with Crippen molar-refractivity contribution in [2.75, 3.05) is 25.5 Å². The molecule has 2 aromatic rings. The quantitative estimate of drug-likeness (QED) is 0.500. The third kappa shape index (κ3) is 6.57. The maximum absolute atomic E-state index is 13.6. The van der Waals surface area contributed by atoms with Crippen molar-refractivity contribution in [1.29, 1.82) is 0 Å². The Labute approximate surface area is 164 Å². The molecule has 7 heteroatoms. The van der Waals surface area contributed by atoms with Gasteiger partial charge in [-0.2, -0.15) is 0 Å². The summed E-state index contributed by atoms with van der Waals surface area (Å²) in [5.74, 6) is 0.239. The van der Waals surface area contributed by atoms with E-state index in [0.717, 1.165) is 5.56 Å². The summed E-state index contributed by atoms with van der Waals surface area (Å²) >= 11 is 6.05. The first-order chi connectivity index (χ1) is 13.0. The zero-order chi connectivity index (χ0) is 19.6. The van der Waals surface area contributed by atoms with E-state index in [2.05, 4.69) is 20.9 Å². The monoisotopic (exact) mass is 390 g/mol. The van der Waals surface area contributed by atoms with Crippen LogP contribution in [0.1, 0.15) is 17.5 Å². The van der Waals surface area contributed by atoms with Crippen molar-refractivity contribution in [2.45, 2.75) is 19.8 Å². The van der Waals surface area contributed by atoms with Gasteiger partial charge in [-0.15, -0.1) is 0 Å². The number of aliphatic imine (C=N–C) groups is 1. The number of guanidine groups is 1. The van der Waals surface area contributed by atoms with Gasteiger partial charge in [-0.3, -0.25) is 9.79 Å². The van der Waals surface area contributed by atoms with Crippen molar-refractivity contribution in [3.63, 3.8) is 0 Å². The lowest BCUT2D eigenvalue weighted by atomic mass is 10.1. The summed E-state index contributed by atoms with van der Waals surface area (Å²) in [6, 6.07) is 12.1. The van der Waals surface area contributed by atoms with Gasteiger partial charge in [0.1, 0.15) is 5.82 Å². The van der Waals surface area contributed by atoms with Gasteiger partial charge < -0.3 is 16.0 Å². The van der Waals surface area contributed by atoms with Crippen molar-refractivity contribution in [1.82, 2.24) is 10.6 Å². The van der Waals surface area contributed by atoms with Crippen LogP contribution in [0.25, 0.3) is 0 Å².